The van der Waals surface area contributed by atoms with Gasteiger partial charge in [0.1, 0.15) is 0 Å². The molecule has 0 heterocycles. The molecule has 1 saturated carbocycles. The van der Waals surface area contributed by atoms with Crippen LogP contribution in [0.3, 0.4) is 0 Å². The molecule has 1 aromatic carbocycles. The van der Waals surface area contributed by atoms with E-state index >= 15 is 0 Å². The van der Waals surface area contributed by atoms with Crippen molar-refractivity contribution in [2.75, 3.05) is 6.54 Å². The monoisotopic (exact) mass is 480 g/mol. The molecule has 0 radical (unpaired) electrons. The minimum atomic E-state index is -4.13. The average Bonchev–Trinajstić information content (AvgIpc) is 2.60. The van der Waals surface area contributed by atoms with Crippen molar-refractivity contribution >= 4 is 29.9 Å². The van der Waals surface area contributed by atoms with E-state index in [1.165, 1.54) is 0 Å². The number of nitrogens with one attached hydrogen (secondary N) is 2. The van der Waals surface area contributed by atoms with Gasteiger partial charge >= 0.3 is 6.18 Å². The third-order valence-electron chi connectivity index (χ3n) is 4.32. The summed E-state index contributed by atoms with van der Waals surface area (Å²) in [5, 5.41) is 15.0. The van der Waals surface area contributed by atoms with Crippen LogP contribution in [0.2, 0.25) is 0 Å². The van der Waals surface area contributed by atoms with Gasteiger partial charge in [-0.2, -0.15) is 18.4 Å². The summed E-state index contributed by atoms with van der Waals surface area (Å²) in [6.07, 6.45) is -2.55. The molecular formula is C18H24F3IN4. The Hall–Kier alpha value is -1.50. The van der Waals surface area contributed by atoms with Gasteiger partial charge in [0.05, 0.1) is 24.1 Å². The number of benzene rings is 1. The van der Waals surface area contributed by atoms with E-state index in [2.05, 4.69) is 21.7 Å². The molecule has 1 fully saturated rings. The van der Waals surface area contributed by atoms with E-state index in [9.17, 15) is 13.2 Å². The molecule has 1 aliphatic rings. The quantitative estimate of drug-likeness (QED) is 0.383. The van der Waals surface area contributed by atoms with Gasteiger partial charge in [0.2, 0.25) is 0 Å². The lowest BCUT2D eigenvalue weighted by Crippen LogP contribution is -2.46. The molecule has 2 rings (SSSR count). The lowest BCUT2D eigenvalue weighted by Gasteiger charge is -2.31. The smallest absolute Gasteiger partial charge is 0.357 e. The highest BCUT2D eigenvalue weighted by Gasteiger charge is 2.42. The first-order chi connectivity index (χ1) is 11.9. The largest absolute Gasteiger partial charge is 0.391 e. The van der Waals surface area contributed by atoms with E-state index in [4.69, 9.17) is 5.26 Å². The summed E-state index contributed by atoms with van der Waals surface area (Å²) in [4.78, 5) is 4.45. The molecule has 0 saturated heterocycles. The molecule has 0 aliphatic heterocycles. The summed E-state index contributed by atoms with van der Waals surface area (Å²) in [6, 6.07) is 8.93. The molecular weight excluding hydrogens is 456 g/mol. The van der Waals surface area contributed by atoms with E-state index < -0.39 is 12.1 Å². The number of guanidine groups is 1. The zero-order valence-corrected chi connectivity index (χ0v) is 17.0. The zero-order chi connectivity index (χ0) is 18.3. The van der Waals surface area contributed by atoms with Crippen LogP contribution in [0.15, 0.2) is 29.3 Å². The molecule has 0 aromatic heterocycles. The van der Waals surface area contributed by atoms with Gasteiger partial charge in [-0.1, -0.05) is 18.6 Å². The normalized spacial score (nSPS) is 20.7. The van der Waals surface area contributed by atoms with Crippen LogP contribution < -0.4 is 10.6 Å². The van der Waals surface area contributed by atoms with Crippen molar-refractivity contribution in [3.05, 3.63) is 35.4 Å². The van der Waals surface area contributed by atoms with E-state index in [1.807, 2.05) is 19.1 Å². The number of hydrogen-bond acceptors (Lipinski definition) is 2. The first-order valence-electron chi connectivity index (χ1n) is 8.53. The van der Waals surface area contributed by atoms with Crippen molar-refractivity contribution in [3.63, 3.8) is 0 Å². The molecule has 8 heteroatoms. The highest BCUT2D eigenvalue weighted by atomic mass is 127. The van der Waals surface area contributed by atoms with Gasteiger partial charge in [-0.05, 0) is 43.9 Å². The van der Waals surface area contributed by atoms with Crippen LogP contribution in [0, 0.1) is 17.2 Å². The molecule has 1 aromatic rings. The second kappa shape index (κ2) is 10.6. The van der Waals surface area contributed by atoms with Crippen molar-refractivity contribution < 1.29 is 13.2 Å². The summed E-state index contributed by atoms with van der Waals surface area (Å²) in [6.45, 7) is 2.95. The van der Waals surface area contributed by atoms with Crippen LogP contribution in [0.5, 0.6) is 0 Å². The molecule has 2 atom stereocenters. The summed E-state index contributed by atoms with van der Waals surface area (Å²) >= 11 is 0. The number of rotatable bonds is 4. The number of nitrogens with zero attached hydrogens (tertiary/aromatic N) is 2. The Labute approximate surface area is 169 Å². The molecule has 4 nitrogen and oxygen atoms in total. The van der Waals surface area contributed by atoms with Gasteiger partial charge in [-0.15, -0.1) is 24.0 Å². The standard InChI is InChI=1S/C18H23F3N4.HI/c1-2-23-17(24-12-14-8-6-13(11-22)7-9-14)25-16-5-3-4-15(10-16)18(19,20)21;/h6-9,15-16H,2-5,10,12H2,1H3,(H2,23,24,25);1H. The fourth-order valence-corrected chi connectivity index (χ4v) is 2.99. The average molecular weight is 480 g/mol. The number of hydrogen-bond donors (Lipinski definition) is 2. The van der Waals surface area contributed by atoms with Gasteiger partial charge in [0.15, 0.2) is 5.96 Å². The minimum Gasteiger partial charge on any atom is -0.357 e. The number of aliphatic imine (C=N–C) groups is 1. The molecule has 0 amide bonds. The Morgan fingerprint density at radius 1 is 1.27 bits per heavy atom. The Bertz CT molecular complexity index is 623. The SMILES string of the molecule is CCNC(=NCc1ccc(C#N)cc1)NC1CCCC(C(F)(F)F)C1.I. The van der Waals surface area contributed by atoms with Crippen LogP contribution in [0.25, 0.3) is 0 Å². The first kappa shape index (κ1) is 22.5. The Morgan fingerprint density at radius 2 is 1.96 bits per heavy atom. The molecule has 26 heavy (non-hydrogen) atoms. The molecule has 2 unspecified atom stereocenters. The lowest BCUT2D eigenvalue weighted by atomic mass is 9.85. The predicted octanol–water partition coefficient (Wildman–Crippen LogP) is 4.35. The Morgan fingerprint density at radius 3 is 2.54 bits per heavy atom. The summed E-state index contributed by atoms with van der Waals surface area (Å²) in [5.41, 5.74) is 1.52. The van der Waals surface area contributed by atoms with Gasteiger partial charge in [0.25, 0.3) is 0 Å². The van der Waals surface area contributed by atoms with Crippen molar-refractivity contribution in [3.8, 4) is 6.07 Å². The van der Waals surface area contributed by atoms with E-state index in [1.54, 1.807) is 12.1 Å². The van der Waals surface area contributed by atoms with Crippen molar-refractivity contribution in [1.29, 1.82) is 5.26 Å². The summed E-state index contributed by atoms with van der Waals surface area (Å²) in [5.74, 6) is -0.708. The van der Waals surface area contributed by atoms with Gasteiger partial charge < -0.3 is 10.6 Å². The highest BCUT2D eigenvalue weighted by molar-refractivity contribution is 14.0. The molecule has 2 N–H and O–H groups in total. The molecule has 0 bridgehead atoms. The van der Waals surface area contributed by atoms with E-state index in [0.29, 0.717) is 37.5 Å². The Balaban J connectivity index is 0.00000338. The third-order valence-corrected chi connectivity index (χ3v) is 4.32. The lowest BCUT2D eigenvalue weighted by molar-refractivity contribution is -0.183. The maximum atomic E-state index is 12.9. The highest BCUT2D eigenvalue weighted by Crippen LogP contribution is 2.37. The van der Waals surface area contributed by atoms with Crippen molar-refractivity contribution in [2.24, 2.45) is 10.9 Å². The van der Waals surface area contributed by atoms with Crippen LogP contribution in [-0.4, -0.2) is 24.7 Å². The minimum absolute atomic E-state index is 0. The zero-order valence-electron chi connectivity index (χ0n) is 14.6. The Kier molecular flexibility index (Phi) is 9.19. The van der Waals surface area contributed by atoms with Crippen LogP contribution >= 0.6 is 24.0 Å². The van der Waals surface area contributed by atoms with Crippen LogP contribution in [0.4, 0.5) is 13.2 Å². The van der Waals surface area contributed by atoms with Gasteiger partial charge in [-0.3, -0.25) is 0 Å². The maximum absolute atomic E-state index is 12.9. The topological polar surface area (TPSA) is 60.2 Å². The van der Waals surface area contributed by atoms with Crippen LogP contribution in [-0.2, 0) is 6.54 Å². The summed E-state index contributed by atoms with van der Waals surface area (Å²) in [7, 11) is 0. The number of nitriles is 1. The maximum Gasteiger partial charge on any atom is 0.391 e. The number of halogens is 4. The first-order valence-corrected chi connectivity index (χ1v) is 8.53. The second-order valence-corrected chi connectivity index (χ2v) is 6.25. The van der Waals surface area contributed by atoms with E-state index in [0.717, 1.165) is 5.56 Å². The molecule has 144 valence electrons. The fraction of sp³-hybridized carbons (Fsp3) is 0.556. The van der Waals surface area contributed by atoms with Gasteiger partial charge in [0, 0.05) is 12.6 Å². The van der Waals surface area contributed by atoms with Crippen molar-refractivity contribution in [2.45, 2.75) is 51.4 Å². The molecule has 1 aliphatic carbocycles. The fourth-order valence-electron chi connectivity index (χ4n) is 2.99. The van der Waals surface area contributed by atoms with Crippen molar-refractivity contribution in [1.82, 2.24) is 10.6 Å². The van der Waals surface area contributed by atoms with E-state index in [-0.39, 0.29) is 42.9 Å². The van der Waals surface area contributed by atoms with Gasteiger partial charge in [-0.25, -0.2) is 4.99 Å². The van der Waals surface area contributed by atoms with Crippen LogP contribution in [0.1, 0.15) is 43.7 Å². The number of alkyl halides is 3. The molecule has 0 spiro atoms. The summed E-state index contributed by atoms with van der Waals surface area (Å²) < 4.78 is 38.8. The third kappa shape index (κ3) is 7.02. The predicted molar refractivity (Wildman–Crippen MR) is 106 cm³/mol. The second-order valence-electron chi connectivity index (χ2n) is 6.25.